The first-order valence-electron chi connectivity index (χ1n) is 8.65. The summed E-state index contributed by atoms with van der Waals surface area (Å²) in [7, 11) is -8.22. The van der Waals surface area contributed by atoms with Crippen LogP contribution in [0.15, 0.2) is 52.3 Å². The van der Waals surface area contributed by atoms with Crippen LogP contribution in [0.5, 0.6) is 0 Å². The minimum Gasteiger partial charge on any atom is -0.354 e. The Balaban J connectivity index is 1.90. The fourth-order valence-electron chi connectivity index (χ4n) is 2.86. The number of carbonyl (C=O) groups excluding carboxylic acids is 1. The van der Waals surface area contributed by atoms with Gasteiger partial charge in [0.05, 0.1) is 26.9 Å². The third-order valence-electron chi connectivity index (χ3n) is 4.41. The second-order valence-corrected chi connectivity index (χ2v) is 10.1. The molecule has 1 amide bonds. The molecule has 1 aliphatic rings. The predicted molar refractivity (Wildman–Crippen MR) is 107 cm³/mol. The zero-order valence-corrected chi connectivity index (χ0v) is 17.4. The van der Waals surface area contributed by atoms with Gasteiger partial charge >= 0.3 is 0 Å². The normalized spacial score (nSPS) is 15.4. The van der Waals surface area contributed by atoms with Gasteiger partial charge in [-0.1, -0.05) is 12.1 Å². The number of anilines is 1. The second-order valence-electron chi connectivity index (χ2n) is 6.53. The number of hydrogen-bond donors (Lipinski definition) is 2. The molecule has 2 aromatic rings. The number of nitro groups is 1. The van der Waals surface area contributed by atoms with Crippen LogP contribution in [0.4, 0.5) is 11.4 Å². The molecule has 1 aliphatic heterocycles. The van der Waals surface area contributed by atoms with E-state index in [2.05, 4.69) is 10.0 Å². The molecule has 0 atom stereocenters. The Morgan fingerprint density at radius 3 is 2.50 bits per heavy atom. The fraction of sp³-hybridized carbons (Fsp3) is 0.235. The minimum absolute atomic E-state index is 0.0410. The molecule has 2 aromatic carbocycles. The standard InChI is InChI=1S/C17H18N4O7S2/c1-12-5-6-14(10-16(12)21(23)24)29(25,26)19-13-3-2-4-15(9-13)30(27,28)20-8-7-18-17(22)11-20/h2-6,9-10,19H,7-8,11H2,1H3,(H,18,22). The molecule has 0 bridgehead atoms. The Bertz CT molecular complexity index is 1230. The molecule has 1 saturated heterocycles. The Labute approximate surface area is 173 Å². The van der Waals surface area contributed by atoms with Gasteiger partial charge in [-0.05, 0) is 31.2 Å². The summed E-state index contributed by atoms with van der Waals surface area (Å²) in [6, 6.07) is 8.59. The highest BCUT2D eigenvalue weighted by atomic mass is 32.2. The summed E-state index contributed by atoms with van der Waals surface area (Å²) >= 11 is 0. The summed E-state index contributed by atoms with van der Waals surface area (Å²) in [5.41, 5.74) is -0.0871. The highest BCUT2D eigenvalue weighted by Gasteiger charge is 2.29. The molecule has 11 nitrogen and oxygen atoms in total. The predicted octanol–water partition coefficient (Wildman–Crippen LogP) is 0.825. The SMILES string of the molecule is Cc1ccc(S(=O)(=O)Nc2cccc(S(=O)(=O)N3CCNC(=O)C3)c2)cc1[N+](=O)[O-]. The summed E-state index contributed by atoms with van der Waals surface area (Å²) in [5.74, 6) is -0.428. The number of hydrogen-bond acceptors (Lipinski definition) is 7. The van der Waals surface area contributed by atoms with Crippen molar-refractivity contribution in [3.05, 3.63) is 58.1 Å². The van der Waals surface area contributed by atoms with Crippen LogP contribution in [0.2, 0.25) is 0 Å². The van der Waals surface area contributed by atoms with E-state index in [0.29, 0.717) is 5.56 Å². The molecule has 0 spiro atoms. The maximum absolute atomic E-state index is 12.8. The topological polar surface area (TPSA) is 156 Å². The zero-order valence-electron chi connectivity index (χ0n) is 15.7. The third-order valence-corrected chi connectivity index (χ3v) is 7.64. The first kappa shape index (κ1) is 21.7. The van der Waals surface area contributed by atoms with Crippen molar-refractivity contribution < 1.29 is 26.6 Å². The van der Waals surface area contributed by atoms with E-state index < -0.39 is 30.9 Å². The van der Waals surface area contributed by atoms with Gasteiger partial charge in [-0.2, -0.15) is 4.31 Å². The maximum atomic E-state index is 12.8. The van der Waals surface area contributed by atoms with E-state index in [9.17, 15) is 31.7 Å². The van der Waals surface area contributed by atoms with E-state index in [4.69, 9.17) is 0 Å². The van der Waals surface area contributed by atoms with Gasteiger partial charge in [0.1, 0.15) is 0 Å². The highest BCUT2D eigenvalue weighted by molar-refractivity contribution is 7.92. The number of nitrogens with zero attached hydrogens (tertiary/aromatic N) is 2. The summed E-state index contributed by atoms with van der Waals surface area (Å²) in [4.78, 5) is 21.4. The molecular weight excluding hydrogens is 436 g/mol. The van der Waals surface area contributed by atoms with Crippen LogP contribution in [0.25, 0.3) is 0 Å². The first-order valence-corrected chi connectivity index (χ1v) is 11.6. The molecule has 0 saturated carbocycles. The minimum atomic E-state index is -4.21. The van der Waals surface area contributed by atoms with E-state index in [0.717, 1.165) is 16.4 Å². The average molecular weight is 454 g/mol. The fourth-order valence-corrected chi connectivity index (χ4v) is 5.37. The monoisotopic (exact) mass is 454 g/mol. The molecule has 13 heteroatoms. The third kappa shape index (κ3) is 4.42. The van der Waals surface area contributed by atoms with Crippen molar-refractivity contribution in [2.75, 3.05) is 24.4 Å². The van der Waals surface area contributed by atoms with Crippen molar-refractivity contribution in [2.24, 2.45) is 0 Å². The number of rotatable bonds is 6. The number of nitrogens with one attached hydrogen (secondary N) is 2. The van der Waals surface area contributed by atoms with Crippen molar-refractivity contribution in [2.45, 2.75) is 16.7 Å². The van der Waals surface area contributed by atoms with E-state index in [-0.39, 0.29) is 40.8 Å². The van der Waals surface area contributed by atoms with E-state index in [1.807, 2.05) is 0 Å². The van der Waals surface area contributed by atoms with Crippen LogP contribution in [-0.4, -0.2) is 51.6 Å². The Morgan fingerprint density at radius 1 is 1.10 bits per heavy atom. The lowest BCUT2D eigenvalue weighted by Crippen LogP contribution is -2.49. The molecule has 0 aliphatic carbocycles. The number of benzene rings is 2. The molecule has 0 aromatic heterocycles. The van der Waals surface area contributed by atoms with Gasteiger partial charge in [0.25, 0.3) is 15.7 Å². The molecule has 1 fully saturated rings. The Kier molecular flexibility index (Phi) is 5.78. The van der Waals surface area contributed by atoms with E-state index >= 15 is 0 Å². The lowest BCUT2D eigenvalue weighted by molar-refractivity contribution is -0.385. The van der Waals surface area contributed by atoms with Gasteiger partial charge in [0.15, 0.2) is 0 Å². The van der Waals surface area contributed by atoms with Crippen LogP contribution < -0.4 is 10.0 Å². The molecule has 3 rings (SSSR count). The molecule has 160 valence electrons. The van der Waals surface area contributed by atoms with E-state index in [1.165, 1.54) is 37.3 Å². The Morgan fingerprint density at radius 2 is 1.83 bits per heavy atom. The number of carbonyl (C=O) groups is 1. The van der Waals surface area contributed by atoms with Crippen molar-refractivity contribution in [3.63, 3.8) is 0 Å². The first-order chi connectivity index (χ1) is 14.0. The lowest BCUT2D eigenvalue weighted by atomic mass is 10.2. The van der Waals surface area contributed by atoms with E-state index in [1.54, 1.807) is 0 Å². The van der Waals surface area contributed by atoms with Crippen molar-refractivity contribution >= 4 is 37.3 Å². The van der Waals surface area contributed by atoms with Crippen molar-refractivity contribution in [1.82, 2.24) is 9.62 Å². The molecule has 1 heterocycles. The van der Waals surface area contributed by atoms with Gasteiger partial charge in [0, 0.05) is 24.7 Å². The van der Waals surface area contributed by atoms with Crippen LogP contribution in [-0.2, 0) is 24.8 Å². The van der Waals surface area contributed by atoms with Gasteiger partial charge in [-0.25, -0.2) is 16.8 Å². The van der Waals surface area contributed by atoms with Crippen LogP contribution in [0, 0.1) is 17.0 Å². The summed E-state index contributed by atoms with van der Waals surface area (Å²) < 4.78 is 54.1. The van der Waals surface area contributed by atoms with Crippen molar-refractivity contribution in [1.29, 1.82) is 0 Å². The van der Waals surface area contributed by atoms with Crippen LogP contribution in [0.3, 0.4) is 0 Å². The van der Waals surface area contributed by atoms with Crippen molar-refractivity contribution in [3.8, 4) is 0 Å². The lowest BCUT2D eigenvalue weighted by Gasteiger charge is -2.26. The molecule has 2 N–H and O–H groups in total. The highest BCUT2D eigenvalue weighted by Crippen LogP contribution is 2.25. The molecular formula is C17H18N4O7S2. The molecule has 0 unspecified atom stereocenters. The number of amides is 1. The Hall–Kier alpha value is -3.03. The van der Waals surface area contributed by atoms with Gasteiger partial charge in [-0.15, -0.1) is 0 Å². The number of aryl methyl sites for hydroxylation is 1. The summed E-state index contributed by atoms with van der Waals surface area (Å²) in [6.07, 6.45) is 0. The largest absolute Gasteiger partial charge is 0.354 e. The average Bonchev–Trinajstić information content (AvgIpc) is 2.67. The maximum Gasteiger partial charge on any atom is 0.273 e. The number of piperazine rings is 1. The summed E-state index contributed by atoms with van der Waals surface area (Å²) in [6.45, 7) is 1.43. The quantitative estimate of drug-likeness (QED) is 0.483. The van der Waals surface area contributed by atoms with Crippen LogP contribution in [0.1, 0.15) is 5.56 Å². The smallest absolute Gasteiger partial charge is 0.273 e. The second kappa shape index (κ2) is 8.01. The summed E-state index contributed by atoms with van der Waals surface area (Å²) in [5, 5.41) is 13.6. The van der Waals surface area contributed by atoms with Gasteiger partial charge in [-0.3, -0.25) is 19.6 Å². The van der Waals surface area contributed by atoms with Crippen LogP contribution >= 0.6 is 0 Å². The van der Waals surface area contributed by atoms with Gasteiger partial charge in [0.2, 0.25) is 15.9 Å². The zero-order chi connectivity index (χ0) is 22.1. The molecule has 0 radical (unpaired) electrons. The molecule has 30 heavy (non-hydrogen) atoms. The number of sulfonamides is 2. The number of nitro benzene ring substituents is 1. The van der Waals surface area contributed by atoms with Gasteiger partial charge < -0.3 is 5.32 Å².